The number of thiophene rings is 1. The molecular formula is C22H23N3O4S2. The molecule has 2 aromatic carbocycles. The van der Waals surface area contributed by atoms with Gasteiger partial charge in [-0.3, -0.25) is 9.59 Å². The molecule has 0 bridgehead atoms. The maximum absolute atomic E-state index is 12.5. The van der Waals surface area contributed by atoms with E-state index in [2.05, 4.69) is 10.0 Å². The SMILES string of the molecule is CN(C)C(=O)c1ccc(NC(=O)c2ccc(S(=O)(=O)NCCc3cccs3)cc2)cc1. The first kappa shape index (κ1) is 22.7. The highest BCUT2D eigenvalue weighted by Crippen LogP contribution is 2.15. The fraction of sp³-hybridized carbons (Fsp3) is 0.182. The zero-order valence-electron chi connectivity index (χ0n) is 17.2. The third kappa shape index (κ3) is 6.00. The van der Waals surface area contributed by atoms with E-state index in [0.717, 1.165) is 4.88 Å². The van der Waals surface area contributed by atoms with Crippen molar-refractivity contribution in [2.24, 2.45) is 0 Å². The van der Waals surface area contributed by atoms with Crippen molar-refractivity contribution in [2.45, 2.75) is 11.3 Å². The van der Waals surface area contributed by atoms with Gasteiger partial charge in [-0.2, -0.15) is 0 Å². The van der Waals surface area contributed by atoms with E-state index in [1.165, 1.54) is 29.2 Å². The van der Waals surface area contributed by atoms with Gasteiger partial charge in [-0.1, -0.05) is 6.07 Å². The van der Waals surface area contributed by atoms with Gasteiger partial charge in [0.2, 0.25) is 10.0 Å². The summed E-state index contributed by atoms with van der Waals surface area (Å²) >= 11 is 1.58. The molecule has 0 aliphatic carbocycles. The summed E-state index contributed by atoms with van der Waals surface area (Å²) in [6.07, 6.45) is 0.621. The molecule has 1 aromatic heterocycles. The first-order valence-electron chi connectivity index (χ1n) is 9.51. The molecule has 9 heteroatoms. The summed E-state index contributed by atoms with van der Waals surface area (Å²) in [7, 11) is -0.312. The quantitative estimate of drug-likeness (QED) is 0.543. The second-order valence-electron chi connectivity index (χ2n) is 6.98. The van der Waals surface area contributed by atoms with Crippen LogP contribution in [0.15, 0.2) is 70.9 Å². The molecule has 162 valence electrons. The zero-order chi connectivity index (χ0) is 22.4. The minimum atomic E-state index is -3.65. The third-order valence-electron chi connectivity index (χ3n) is 4.47. The predicted octanol–water partition coefficient (Wildman–Crippen LogP) is 3.22. The van der Waals surface area contributed by atoms with Crippen molar-refractivity contribution >= 4 is 38.9 Å². The van der Waals surface area contributed by atoms with Gasteiger partial charge in [0.1, 0.15) is 0 Å². The van der Waals surface area contributed by atoms with Crippen molar-refractivity contribution in [3.05, 3.63) is 82.0 Å². The Morgan fingerprint density at radius 3 is 2.16 bits per heavy atom. The molecule has 0 atom stereocenters. The average Bonchev–Trinajstić information content (AvgIpc) is 3.27. The lowest BCUT2D eigenvalue weighted by Gasteiger charge is -2.11. The number of carbonyl (C=O) groups excluding carboxylic acids is 2. The second-order valence-corrected chi connectivity index (χ2v) is 9.78. The first-order valence-corrected chi connectivity index (χ1v) is 11.9. The number of carbonyl (C=O) groups is 2. The molecule has 1 heterocycles. The predicted molar refractivity (Wildman–Crippen MR) is 122 cm³/mol. The van der Waals surface area contributed by atoms with Crippen LogP contribution in [0.5, 0.6) is 0 Å². The molecule has 0 saturated heterocycles. The number of sulfonamides is 1. The fourth-order valence-corrected chi connectivity index (χ4v) is 4.53. The molecule has 3 rings (SSSR count). The molecular weight excluding hydrogens is 434 g/mol. The summed E-state index contributed by atoms with van der Waals surface area (Å²) in [4.78, 5) is 27.1. The Kier molecular flexibility index (Phi) is 7.21. The van der Waals surface area contributed by atoms with Crippen LogP contribution in [-0.4, -0.2) is 45.8 Å². The van der Waals surface area contributed by atoms with Gasteiger partial charge in [-0.25, -0.2) is 13.1 Å². The largest absolute Gasteiger partial charge is 0.345 e. The van der Waals surface area contributed by atoms with Gasteiger partial charge >= 0.3 is 0 Å². The molecule has 3 aromatic rings. The monoisotopic (exact) mass is 457 g/mol. The van der Waals surface area contributed by atoms with E-state index >= 15 is 0 Å². The van der Waals surface area contributed by atoms with E-state index in [-0.39, 0.29) is 16.7 Å². The third-order valence-corrected chi connectivity index (χ3v) is 6.88. The zero-order valence-corrected chi connectivity index (χ0v) is 18.8. The van der Waals surface area contributed by atoms with Crippen LogP contribution < -0.4 is 10.0 Å². The van der Waals surface area contributed by atoms with Crippen LogP contribution >= 0.6 is 11.3 Å². The molecule has 2 amide bonds. The van der Waals surface area contributed by atoms with Crippen LogP contribution in [0, 0.1) is 0 Å². The van der Waals surface area contributed by atoms with E-state index in [0.29, 0.717) is 29.8 Å². The summed E-state index contributed by atoms with van der Waals surface area (Å²) in [5.74, 6) is -0.500. The lowest BCUT2D eigenvalue weighted by atomic mass is 10.1. The van der Waals surface area contributed by atoms with Crippen LogP contribution in [0.2, 0.25) is 0 Å². The molecule has 0 aliphatic heterocycles. The summed E-state index contributed by atoms with van der Waals surface area (Å²) < 4.78 is 27.4. The first-order chi connectivity index (χ1) is 14.8. The smallest absolute Gasteiger partial charge is 0.255 e. The number of hydrogen-bond donors (Lipinski definition) is 2. The molecule has 0 spiro atoms. The van der Waals surface area contributed by atoms with Crippen molar-refractivity contribution in [1.29, 1.82) is 0 Å². The minimum Gasteiger partial charge on any atom is -0.345 e. The van der Waals surface area contributed by atoms with Crippen molar-refractivity contribution in [3.63, 3.8) is 0 Å². The maximum atomic E-state index is 12.5. The standard InChI is InChI=1S/C22H23N3O4S2/c1-25(2)22(27)17-5-9-18(10-6-17)24-21(26)16-7-11-20(12-8-16)31(28,29)23-14-13-19-4-3-15-30-19/h3-12,15,23H,13-14H2,1-2H3,(H,24,26). The van der Waals surface area contributed by atoms with E-state index < -0.39 is 10.0 Å². The van der Waals surface area contributed by atoms with Gasteiger partial charge < -0.3 is 10.2 Å². The number of hydrogen-bond acceptors (Lipinski definition) is 5. The normalized spacial score (nSPS) is 11.2. The van der Waals surface area contributed by atoms with Gasteiger partial charge in [0, 0.05) is 42.3 Å². The summed E-state index contributed by atoms with van der Waals surface area (Å²) in [5, 5.41) is 4.68. The Labute approximate surface area is 185 Å². The van der Waals surface area contributed by atoms with Crippen LogP contribution in [0.25, 0.3) is 0 Å². The Morgan fingerprint density at radius 2 is 1.58 bits per heavy atom. The molecule has 0 fully saturated rings. The molecule has 2 N–H and O–H groups in total. The summed E-state index contributed by atoms with van der Waals surface area (Å²) in [6, 6.07) is 16.2. The molecule has 0 radical (unpaired) electrons. The van der Waals surface area contributed by atoms with E-state index in [1.807, 2.05) is 17.5 Å². The highest BCUT2D eigenvalue weighted by molar-refractivity contribution is 7.89. The van der Waals surface area contributed by atoms with Crippen molar-refractivity contribution < 1.29 is 18.0 Å². The Balaban J connectivity index is 1.59. The van der Waals surface area contributed by atoms with Crippen LogP contribution in [0.4, 0.5) is 5.69 Å². The molecule has 7 nitrogen and oxygen atoms in total. The number of nitrogens with zero attached hydrogens (tertiary/aromatic N) is 1. The second kappa shape index (κ2) is 9.86. The van der Waals surface area contributed by atoms with Gasteiger partial charge in [-0.05, 0) is 66.4 Å². The lowest BCUT2D eigenvalue weighted by molar-refractivity contribution is 0.0827. The average molecular weight is 458 g/mol. The van der Waals surface area contributed by atoms with Gasteiger partial charge in [0.05, 0.1) is 4.90 Å². The van der Waals surface area contributed by atoms with Gasteiger partial charge in [0.25, 0.3) is 11.8 Å². The Morgan fingerprint density at radius 1 is 0.935 bits per heavy atom. The molecule has 0 saturated carbocycles. The summed E-state index contributed by atoms with van der Waals surface area (Å²) in [5.41, 5.74) is 1.38. The van der Waals surface area contributed by atoms with Crippen molar-refractivity contribution in [1.82, 2.24) is 9.62 Å². The molecule has 0 unspecified atom stereocenters. The maximum Gasteiger partial charge on any atom is 0.255 e. The number of benzene rings is 2. The van der Waals surface area contributed by atoms with Crippen molar-refractivity contribution in [3.8, 4) is 0 Å². The van der Waals surface area contributed by atoms with E-state index in [9.17, 15) is 18.0 Å². The van der Waals surface area contributed by atoms with Crippen LogP contribution in [-0.2, 0) is 16.4 Å². The van der Waals surface area contributed by atoms with Gasteiger partial charge in [-0.15, -0.1) is 11.3 Å². The van der Waals surface area contributed by atoms with Gasteiger partial charge in [0.15, 0.2) is 0 Å². The summed E-state index contributed by atoms with van der Waals surface area (Å²) in [6.45, 7) is 0.303. The topological polar surface area (TPSA) is 95.6 Å². The highest BCUT2D eigenvalue weighted by atomic mass is 32.2. The highest BCUT2D eigenvalue weighted by Gasteiger charge is 2.15. The number of nitrogens with one attached hydrogen (secondary N) is 2. The van der Waals surface area contributed by atoms with Crippen LogP contribution in [0.1, 0.15) is 25.6 Å². The van der Waals surface area contributed by atoms with Crippen LogP contribution in [0.3, 0.4) is 0 Å². The number of rotatable bonds is 8. The molecule has 0 aliphatic rings. The Bertz CT molecular complexity index is 1140. The lowest BCUT2D eigenvalue weighted by Crippen LogP contribution is -2.26. The van der Waals surface area contributed by atoms with E-state index in [4.69, 9.17) is 0 Å². The fourth-order valence-electron chi connectivity index (χ4n) is 2.79. The number of amides is 2. The van der Waals surface area contributed by atoms with Crippen molar-refractivity contribution in [2.75, 3.05) is 26.0 Å². The molecule has 31 heavy (non-hydrogen) atoms. The van der Waals surface area contributed by atoms with E-state index in [1.54, 1.807) is 49.7 Å². The number of anilines is 1. The minimum absolute atomic E-state index is 0.0989. The Hall–Kier alpha value is -3.01.